The maximum atomic E-state index is 12.8. The first-order valence-electron chi connectivity index (χ1n) is 9.03. The Morgan fingerprint density at radius 3 is 2.59 bits per heavy atom. The summed E-state index contributed by atoms with van der Waals surface area (Å²) >= 11 is 1.36. The predicted molar refractivity (Wildman–Crippen MR) is 111 cm³/mol. The SMILES string of the molecule is CCOc1ccc(/C=c2\sc3n(c2=O)CN(c2ccc([N+](=O)[O-])cc2)CN=3)cc1. The average molecular weight is 410 g/mol. The first-order valence-corrected chi connectivity index (χ1v) is 9.85. The van der Waals surface area contributed by atoms with Crippen LogP contribution in [-0.4, -0.2) is 22.8 Å². The quantitative estimate of drug-likeness (QED) is 0.475. The Morgan fingerprint density at radius 2 is 1.93 bits per heavy atom. The summed E-state index contributed by atoms with van der Waals surface area (Å²) in [6.45, 7) is 3.28. The highest BCUT2D eigenvalue weighted by atomic mass is 32.1. The Kier molecular flexibility index (Phi) is 5.13. The lowest BCUT2D eigenvalue weighted by molar-refractivity contribution is -0.384. The Labute approximate surface area is 169 Å². The summed E-state index contributed by atoms with van der Waals surface area (Å²) in [6, 6.07) is 13.8. The van der Waals surface area contributed by atoms with Gasteiger partial charge >= 0.3 is 0 Å². The summed E-state index contributed by atoms with van der Waals surface area (Å²) in [5, 5.41) is 10.8. The molecule has 0 amide bonds. The summed E-state index contributed by atoms with van der Waals surface area (Å²) in [5.74, 6) is 0.792. The van der Waals surface area contributed by atoms with Crippen molar-refractivity contribution in [3.8, 4) is 5.75 Å². The highest BCUT2D eigenvalue weighted by molar-refractivity contribution is 7.07. The van der Waals surface area contributed by atoms with Crippen molar-refractivity contribution in [2.24, 2.45) is 4.99 Å². The van der Waals surface area contributed by atoms with E-state index in [1.807, 2.05) is 42.2 Å². The molecule has 1 aliphatic rings. The molecule has 3 aromatic rings. The van der Waals surface area contributed by atoms with Crippen molar-refractivity contribution in [2.45, 2.75) is 13.6 Å². The van der Waals surface area contributed by atoms with E-state index in [-0.39, 0.29) is 11.2 Å². The number of aromatic nitrogens is 1. The largest absolute Gasteiger partial charge is 0.494 e. The van der Waals surface area contributed by atoms with Gasteiger partial charge in [-0.1, -0.05) is 23.5 Å². The fourth-order valence-corrected chi connectivity index (χ4v) is 4.00. The van der Waals surface area contributed by atoms with Crippen LogP contribution in [0.3, 0.4) is 0 Å². The normalized spacial score (nSPS) is 13.7. The molecule has 0 N–H and O–H groups in total. The van der Waals surface area contributed by atoms with Crippen molar-refractivity contribution in [2.75, 3.05) is 18.2 Å². The zero-order valence-corrected chi connectivity index (χ0v) is 16.5. The molecule has 1 aliphatic heterocycles. The molecule has 8 nitrogen and oxygen atoms in total. The number of ether oxygens (including phenoxy) is 1. The number of nitro benzene ring substituents is 1. The highest BCUT2D eigenvalue weighted by Crippen LogP contribution is 2.20. The van der Waals surface area contributed by atoms with E-state index in [0.717, 1.165) is 17.0 Å². The molecule has 0 bridgehead atoms. The third-order valence-electron chi connectivity index (χ3n) is 4.49. The molecule has 2 heterocycles. The van der Waals surface area contributed by atoms with Gasteiger partial charge in [0.1, 0.15) is 19.1 Å². The van der Waals surface area contributed by atoms with Gasteiger partial charge < -0.3 is 9.64 Å². The van der Waals surface area contributed by atoms with Gasteiger partial charge in [-0.2, -0.15) is 0 Å². The van der Waals surface area contributed by atoms with E-state index in [0.29, 0.717) is 29.3 Å². The lowest BCUT2D eigenvalue weighted by Crippen LogP contribution is -2.42. The number of hydrogen-bond donors (Lipinski definition) is 0. The monoisotopic (exact) mass is 410 g/mol. The molecule has 0 saturated heterocycles. The van der Waals surface area contributed by atoms with Crippen LogP contribution in [0.1, 0.15) is 12.5 Å². The molecular weight excluding hydrogens is 392 g/mol. The molecule has 0 spiro atoms. The minimum atomic E-state index is -0.436. The van der Waals surface area contributed by atoms with Crippen LogP contribution < -0.4 is 24.5 Å². The molecule has 4 rings (SSSR count). The Morgan fingerprint density at radius 1 is 1.21 bits per heavy atom. The number of hydrogen-bond acceptors (Lipinski definition) is 7. The third kappa shape index (κ3) is 3.90. The van der Waals surface area contributed by atoms with Gasteiger partial charge in [0.15, 0.2) is 4.80 Å². The number of anilines is 1. The van der Waals surface area contributed by atoms with Crippen molar-refractivity contribution >= 4 is 28.8 Å². The molecule has 29 heavy (non-hydrogen) atoms. The topological polar surface area (TPSA) is 90.0 Å². The number of fused-ring (bicyclic) bond motifs is 1. The van der Waals surface area contributed by atoms with Crippen molar-refractivity contribution in [1.29, 1.82) is 0 Å². The fourth-order valence-electron chi connectivity index (χ4n) is 3.04. The van der Waals surface area contributed by atoms with Crippen molar-refractivity contribution < 1.29 is 9.66 Å². The van der Waals surface area contributed by atoms with E-state index in [2.05, 4.69) is 4.99 Å². The van der Waals surface area contributed by atoms with Crippen LogP contribution >= 0.6 is 11.3 Å². The van der Waals surface area contributed by atoms with Gasteiger partial charge in [0.25, 0.3) is 11.2 Å². The second-order valence-electron chi connectivity index (χ2n) is 6.38. The van der Waals surface area contributed by atoms with Gasteiger partial charge in [0, 0.05) is 17.8 Å². The van der Waals surface area contributed by atoms with E-state index in [4.69, 9.17) is 4.74 Å². The fraction of sp³-hybridized carbons (Fsp3) is 0.200. The second kappa shape index (κ2) is 7.88. The minimum Gasteiger partial charge on any atom is -0.494 e. The highest BCUT2D eigenvalue weighted by Gasteiger charge is 2.16. The molecule has 2 aromatic carbocycles. The smallest absolute Gasteiger partial charge is 0.271 e. The van der Waals surface area contributed by atoms with E-state index in [9.17, 15) is 14.9 Å². The summed E-state index contributed by atoms with van der Waals surface area (Å²) in [6.07, 6.45) is 1.85. The van der Waals surface area contributed by atoms with E-state index < -0.39 is 4.92 Å². The third-order valence-corrected chi connectivity index (χ3v) is 5.54. The molecular formula is C20H18N4O4S. The van der Waals surface area contributed by atoms with Crippen molar-refractivity contribution in [3.05, 3.63) is 83.9 Å². The molecule has 0 saturated carbocycles. The first-order chi connectivity index (χ1) is 14.0. The van der Waals surface area contributed by atoms with Crippen LogP contribution in [0.15, 0.2) is 58.3 Å². The summed E-state index contributed by atoms with van der Waals surface area (Å²) in [5.41, 5.74) is 1.62. The number of nitro groups is 1. The number of benzene rings is 2. The molecule has 0 radical (unpaired) electrons. The molecule has 0 atom stereocenters. The van der Waals surface area contributed by atoms with Crippen molar-refractivity contribution in [3.63, 3.8) is 0 Å². The first kappa shape index (κ1) is 18.9. The Hall–Kier alpha value is -3.46. The maximum Gasteiger partial charge on any atom is 0.271 e. The molecule has 0 aliphatic carbocycles. The number of thiazole rings is 1. The van der Waals surface area contributed by atoms with Crippen molar-refractivity contribution in [1.82, 2.24) is 4.57 Å². The Balaban J connectivity index is 1.61. The van der Waals surface area contributed by atoms with Gasteiger partial charge in [-0.05, 0) is 42.8 Å². The van der Waals surface area contributed by atoms with Crippen LogP contribution in [0.5, 0.6) is 5.75 Å². The van der Waals surface area contributed by atoms with E-state index in [1.165, 1.54) is 23.5 Å². The lowest BCUT2D eigenvalue weighted by atomic mass is 10.2. The summed E-state index contributed by atoms with van der Waals surface area (Å²) in [4.78, 5) is 30.3. The van der Waals surface area contributed by atoms with Gasteiger partial charge in [0.05, 0.1) is 16.1 Å². The van der Waals surface area contributed by atoms with Crippen LogP contribution in [-0.2, 0) is 6.67 Å². The van der Waals surface area contributed by atoms with Crippen LogP contribution in [0.25, 0.3) is 6.08 Å². The van der Waals surface area contributed by atoms with Crippen LogP contribution in [0.4, 0.5) is 11.4 Å². The Bertz CT molecular complexity index is 1210. The molecule has 148 valence electrons. The molecule has 9 heteroatoms. The van der Waals surface area contributed by atoms with Gasteiger partial charge in [0.2, 0.25) is 0 Å². The number of nitrogens with zero attached hydrogens (tertiary/aromatic N) is 4. The standard InChI is InChI=1S/C20H18N4O4S/c1-2-28-17-9-3-14(4-10-17)11-18-19(25)23-13-22(12-21-20(23)29-18)15-5-7-16(8-6-15)24(26)27/h3-11H,2,12-13H2,1H3/b18-11-. The van der Waals surface area contributed by atoms with E-state index >= 15 is 0 Å². The van der Waals surface area contributed by atoms with Gasteiger partial charge in [-0.3, -0.25) is 19.5 Å². The zero-order valence-electron chi connectivity index (χ0n) is 15.6. The predicted octanol–water partition coefficient (Wildman–Crippen LogP) is 2.10. The van der Waals surface area contributed by atoms with Crippen LogP contribution in [0, 0.1) is 10.1 Å². The lowest BCUT2D eigenvalue weighted by Gasteiger charge is -2.25. The van der Waals surface area contributed by atoms with Crippen LogP contribution in [0.2, 0.25) is 0 Å². The van der Waals surface area contributed by atoms with Gasteiger partial charge in [-0.25, -0.2) is 4.99 Å². The average Bonchev–Trinajstić information content (AvgIpc) is 3.04. The molecule has 1 aromatic heterocycles. The minimum absolute atomic E-state index is 0.0309. The van der Waals surface area contributed by atoms with E-state index in [1.54, 1.807) is 16.7 Å². The molecule has 0 fully saturated rings. The number of rotatable bonds is 5. The maximum absolute atomic E-state index is 12.8. The number of non-ortho nitro benzene ring substituents is 1. The summed E-state index contributed by atoms with van der Waals surface area (Å²) in [7, 11) is 0. The molecule has 0 unspecified atom stereocenters. The second-order valence-corrected chi connectivity index (χ2v) is 7.39. The summed E-state index contributed by atoms with van der Waals surface area (Å²) < 4.78 is 7.67. The zero-order chi connectivity index (χ0) is 20.4. The van der Waals surface area contributed by atoms with Gasteiger partial charge in [-0.15, -0.1) is 0 Å².